The van der Waals surface area contributed by atoms with Crippen molar-refractivity contribution in [1.82, 2.24) is 10.2 Å². The molecule has 0 aromatic heterocycles. The zero-order chi connectivity index (χ0) is 17.9. The van der Waals surface area contributed by atoms with Crippen LogP contribution in [0, 0.1) is 0 Å². The average molecular weight is 350 g/mol. The number of fused-ring (bicyclic) bond motifs is 1. The van der Waals surface area contributed by atoms with E-state index >= 15 is 0 Å². The van der Waals surface area contributed by atoms with Gasteiger partial charge in [0.05, 0.1) is 7.11 Å². The average Bonchev–Trinajstić information content (AvgIpc) is 2.73. The smallest absolute Gasteiger partial charge is 0.254 e. The number of hydrogen-bond donors (Lipinski definition) is 1. The Kier molecular flexibility index (Phi) is 4.93. The molecule has 1 amide bonds. The molecule has 1 fully saturated rings. The number of benzene rings is 2. The number of amides is 1. The van der Waals surface area contributed by atoms with Gasteiger partial charge >= 0.3 is 0 Å². The second-order valence-corrected chi connectivity index (χ2v) is 7.28. The van der Waals surface area contributed by atoms with E-state index in [1.54, 1.807) is 7.11 Å². The van der Waals surface area contributed by atoms with E-state index in [0.29, 0.717) is 12.5 Å². The van der Waals surface area contributed by atoms with Crippen LogP contribution in [0.3, 0.4) is 0 Å². The SMILES string of the molecule is COc1ccc2c(c1)CCN(C(=O)c1ccc([C@@H]3CCCNC3)cc1)C2. The fraction of sp³-hybridized carbons (Fsp3) is 0.409. The van der Waals surface area contributed by atoms with E-state index in [1.807, 2.05) is 23.1 Å². The number of nitrogens with zero attached hydrogens (tertiary/aromatic N) is 1. The highest BCUT2D eigenvalue weighted by atomic mass is 16.5. The van der Waals surface area contributed by atoms with Crippen LogP contribution in [-0.4, -0.2) is 37.6 Å². The van der Waals surface area contributed by atoms with Crippen LogP contribution in [0.15, 0.2) is 42.5 Å². The molecular weight excluding hydrogens is 324 g/mol. The van der Waals surface area contributed by atoms with Gasteiger partial charge < -0.3 is 15.0 Å². The van der Waals surface area contributed by atoms with Crippen molar-refractivity contribution in [1.29, 1.82) is 0 Å². The number of carbonyl (C=O) groups excluding carboxylic acids is 1. The summed E-state index contributed by atoms with van der Waals surface area (Å²) in [6.07, 6.45) is 3.33. The normalized spacial score (nSPS) is 19.7. The fourth-order valence-corrected chi connectivity index (χ4v) is 4.05. The Labute approximate surface area is 155 Å². The number of methoxy groups -OCH3 is 1. The van der Waals surface area contributed by atoms with Crippen molar-refractivity contribution in [2.24, 2.45) is 0 Å². The van der Waals surface area contributed by atoms with Gasteiger partial charge in [0.15, 0.2) is 0 Å². The molecule has 0 unspecified atom stereocenters. The van der Waals surface area contributed by atoms with Crippen molar-refractivity contribution in [2.75, 3.05) is 26.7 Å². The van der Waals surface area contributed by atoms with E-state index in [2.05, 4.69) is 29.6 Å². The Balaban J connectivity index is 1.45. The lowest BCUT2D eigenvalue weighted by Crippen LogP contribution is -2.36. The van der Waals surface area contributed by atoms with Crippen LogP contribution >= 0.6 is 0 Å². The maximum absolute atomic E-state index is 12.9. The Hall–Kier alpha value is -2.33. The minimum absolute atomic E-state index is 0.125. The summed E-state index contributed by atoms with van der Waals surface area (Å²) >= 11 is 0. The van der Waals surface area contributed by atoms with Gasteiger partial charge in [-0.3, -0.25) is 4.79 Å². The monoisotopic (exact) mass is 350 g/mol. The molecule has 4 heteroatoms. The van der Waals surface area contributed by atoms with Gasteiger partial charge in [-0.05, 0) is 72.7 Å². The number of ether oxygens (including phenoxy) is 1. The molecule has 0 aliphatic carbocycles. The summed E-state index contributed by atoms with van der Waals surface area (Å²) in [4.78, 5) is 14.9. The molecule has 4 rings (SSSR count). The van der Waals surface area contributed by atoms with E-state index in [-0.39, 0.29) is 5.91 Å². The van der Waals surface area contributed by atoms with Crippen LogP contribution in [0.1, 0.15) is 45.8 Å². The first-order chi connectivity index (χ1) is 12.7. The molecule has 0 saturated carbocycles. The summed E-state index contributed by atoms with van der Waals surface area (Å²) < 4.78 is 5.30. The quantitative estimate of drug-likeness (QED) is 0.923. The van der Waals surface area contributed by atoms with Crippen LogP contribution in [0.25, 0.3) is 0 Å². The largest absolute Gasteiger partial charge is 0.497 e. The molecule has 1 N–H and O–H groups in total. The second kappa shape index (κ2) is 7.50. The first-order valence-electron chi connectivity index (χ1n) is 9.50. The van der Waals surface area contributed by atoms with Gasteiger partial charge in [0, 0.05) is 25.2 Å². The molecule has 2 heterocycles. The van der Waals surface area contributed by atoms with Gasteiger partial charge in [0.2, 0.25) is 0 Å². The molecule has 136 valence electrons. The molecule has 4 nitrogen and oxygen atoms in total. The minimum Gasteiger partial charge on any atom is -0.497 e. The third kappa shape index (κ3) is 3.47. The number of piperidine rings is 1. The third-order valence-electron chi connectivity index (χ3n) is 5.64. The molecule has 1 saturated heterocycles. The molecule has 2 aromatic rings. The first-order valence-corrected chi connectivity index (χ1v) is 9.50. The van der Waals surface area contributed by atoms with Crippen LogP contribution < -0.4 is 10.1 Å². The Morgan fingerprint density at radius 2 is 2.00 bits per heavy atom. The van der Waals surface area contributed by atoms with Crippen molar-refractivity contribution in [3.8, 4) is 5.75 Å². The highest BCUT2D eigenvalue weighted by Gasteiger charge is 2.22. The highest BCUT2D eigenvalue weighted by Crippen LogP contribution is 2.26. The zero-order valence-corrected chi connectivity index (χ0v) is 15.3. The predicted octanol–water partition coefficient (Wildman–Crippen LogP) is 3.36. The van der Waals surface area contributed by atoms with E-state index in [4.69, 9.17) is 4.74 Å². The standard InChI is InChI=1S/C22H26N2O2/c1-26-21-9-8-20-15-24(12-10-18(20)13-21)22(25)17-6-4-16(5-7-17)19-3-2-11-23-14-19/h4-9,13,19,23H,2-3,10-12,14-15H2,1H3/t19-/m1/s1. The highest BCUT2D eigenvalue weighted by molar-refractivity contribution is 5.94. The van der Waals surface area contributed by atoms with Gasteiger partial charge in [-0.15, -0.1) is 0 Å². The van der Waals surface area contributed by atoms with Crippen molar-refractivity contribution in [3.05, 3.63) is 64.7 Å². The molecule has 2 aliphatic rings. The summed E-state index contributed by atoms with van der Waals surface area (Å²) in [7, 11) is 1.69. The molecule has 1 atom stereocenters. The summed E-state index contributed by atoms with van der Waals surface area (Å²) in [5.41, 5.74) is 4.63. The van der Waals surface area contributed by atoms with Gasteiger partial charge in [0.1, 0.15) is 5.75 Å². The van der Waals surface area contributed by atoms with Gasteiger partial charge in [-0.2, -0.15) is 0 Å². The number of carbonyl (C=O) groups is 1. The maximum Gasteiger partial charge on any atom is 0.254 e. The lowest BCUT2D eigenvalue weighted by atomic mass is 9.91. The number of rotatable bonds is 3. The van der Waals surface area contributed by atoms with Crippen molar-refractivity contribution in [2.45, 2.75) is 31.7 Å². The summed E-state index contributed by atoms with van der Waals surface area (Å²) in [6, 6.07) is 14.4. The topological polar surface area (TPSA) is 41.6 Å². The predicted molar refractivity (Wildman–Crippen MR) is 103 cm³/mol. The van der Waals surface area contributed by atoms with Crippen molar-refractivity contribution in [3.63, 3.8) is 0 Å². The molecular formula is C22H26N2O2. The number of nitrogens with one attached hydrogen (secondary N) is 1. The van der Waals surface area contributed by atoms with Crippen molar-refractivity contribution < 1.29 is 9.53 Å². The fourth-order valence-electron chi connectivity index (χ4n) is 4.05. The van der Waals surface area contributed by atoms with E-state index in [0.717, 1.165) is 37.4 Å². The molecule has 2 aliphatic heterocycles. The third-order valence-corrected chi connectivity index (χ3v) is 5.64. The molecule has 0 radical (unpaired) electrons. The first kappa shape index (κ1) is 17.1. The van der Waals surface area contributed by atoms with Gasteiger partial charge in [-0.1, -0.05) is 18.2 Å². The molecule has 0 spiro atoms. The van der Waals surface area contributed by atoms with Crippen LogP contribution in [0.2, 0.25) is 0 Å². The molecule has 2 aromatic carbocycles. The molecule has 0 bridgehead atoms. The Morgan fingerprint density at radius 1 is 1.15 bits per heavy atom. The van der Waals surface area contributed by atoms with E-state index < -0.39 is 0 Å². The summed E-state index contributed by atoms with van der Waals surface area (Å²) in [6.45, 7) is 3.59. The van der Waals surface area contributed by atoms with Crippen LogP contribution in [-0.2, 0) is 13.0 Å². The Morgan fingerprint density at radius 3 is 2.73 bits per heavy atom. The van der Waals surface area contributed by atoms with E-state index in [1.165, 1.54) is 29.5 Å². The minimum atomic E-state index is 0.125. The van der Waals surface area contributed by atoms with E-state index in [9.17, 15) is 4.79 Å². The van der Waals surface area contributed by atoms with Crippen molar-refractivity contribution >= 4 is 5.91 Å². The zero-order valence-electron chi connectivity index (χ0n) is 15.3. The lowest BCUT2D eigenvalue weighted by molar-refractivity contribution is 0.0734. The van der Waals surface area contributed by atoms with Gasteiger partial charge in [0.25, 0.3) is 5.91 Å². The lowest BCUT2D eigenvalue weighted by Gasteiger charge is -2.29. The van der Waals surface area contributed by atoms with Crippen LogP contribution in [0.4, 0.5) is 0 Å². The second-order valence-electron chi connectivity index (χ2n) is 7.28. The maximum atomic E-state index is 12.9. The Bertz CT molecular complexity index is 779. The summed E-state index contributed by atoms with van der Waals surface area (Å²) in [5.74, 6) is 1.58. The number of hydrogen-bond acceptors (Lipinski definition) is 3. The molecule has 26 heavy (non-hydrogen) atoms. The van der Waals surface area contributed by atoms with Gasteiger partial charge in [-0.25, -0.2) is 0 Å². The summed E-state index contributed by atoms with van der Waals surface area (Å²) in [5, 5.41) is 3.46. The van der Waals surface area contributed by atoms with Crippen LogP contribution in [0.5, 0.6) is 5.75 Å².